The highest BCUT2D eigenvalue weighted by molar-refractivity contribution is 6.34. The van der Waals surface area contributed by atoms with Crippen LogP contribution in [0.4, 0.5) is 0 Å². The SMILES string of the molecule is CC1=CC[C@@H]2C(=O)N(N(CC(=O)c3ccc(OC(=O)c4ccco4)cc3)C(=O)c3ccccc3Cl)C(=O)[C@@H]2C1. The summed E-state index contributed by atoms with van der Waals surface area (Å²) in [7, 11) is 0. The van der Waals surface area contributed by atoms with Crippen molar-refractivity contribution in [3.05, 3.63) is 100 Å². The highest BCUT2D eigenvalue weighted by atomic mass is 35.5. The Bertz CT molecular complexity index is 1490. The first-order valence-corrected chi connectivity index (χ1v) is 12.6. The summed E-state index contributed by atoms with van der Waals surface area (Å²) in [4.78, 5) is 65.8. The molecular formula is C29H23ClN2O7. The number of allylic oxidation sites excluding steroid dienone is 2. The fraction of sp³-hybridized carbons (Fsp3) is 0.207. The van der Waals surface area contributed by atoms with Gasteiger partial charge in [-0.05, 0) is 68.3 Å². The van der Waals surface area contributed by atoms with Gasteiger partial charge in [0.1, 0.15) is 12.3 Å². The molecule has 10 heteroatoms. The van der Waals surface area contributed by atoms with Gasteiger partial charge >= 0.3 is 5.97 Å². The summed E-state index contributed by atoms with van der Waals surface area (Å²) < 4.78 is 10.2. The van der Waals surface area contributed by atoms with Gasteiger partial charge in [-0.3, -0.25) is 19.2 Å². The van der Waals surface area contributed by atoms with E-state index in [1.54, 1.807) is 18.2 Å². The number of furan rings is 1. The number of amides is 3. The second-order valence-electron chi connectivity index (χ2n) is 9.35. The molecule has 1 aliphatic carbocycles. The molecule has 2 aromatic carbocycles. The van der Waals surface area contributed by atoms with Crippen molar-refractivity contribution in [1.82, 2.24) is 10.0 Å². The number of ether oxygens (including phenoxy) is 1. The van der Waals surface area contributed by atoms with Crippen LogP contribution >= 0.6 is 11.6 Å². The average Bonchev–Trinajstić information content (AvgIpc) is 3.55. The Morgan fingerprint density at radius 1 is 1.00 bits per heavy atom. The minimum atomic E-state index is -0.747. The average molecular weight is 547 g/mol. The number of benzene rings is 2. The van der Waals surface area contributed by atoms with Crippen molar-refractivity contribution in [3.8, 4) is 5.75 Å². The first-order valence-electron chi connectivity index (χ1n) is 12.2. The number of hydrazine groups is 1. The monoisotopic (exact) mass is 546 g/mol. The van der Waals surface area contributed by atoms with Gasteiger partial charge in [0.05, 0.1) is 28.7 Å². The minimum absolute atomic E-state index is 0.0230. The summed E-state index contributed by atoms with van der Waals surface area (Å²) in [5.74, 6) is -4.03. The predicted molar refractivity (Wildman–Crippen MR) is 139 cm³/mol. The molecule has 3 aromatic rings. The second kappa shape index (κ2) is 10.7. The molecule has 2 atom stereocenters. The van der Waals surface area contributed by atoms with Crippen LogP contribution in [0.1, 0.15) is 51.0 Å². The fourth-order valence-electron chi connectivity index (χ4n) is 4.75. The Balaban J connectivity index is 1.40. The van der Waals surface area contributed by atoms with E-state index in [0.717, 1.165) is 15.6 Å². The maximum absolute atomic E-state index is 13.6. The highest BCUT2D eigenvalue weighted by Gasteiger charge is 2.51. The van der Waals surface area contributed by atoms with Crippen LogP contribution in [0.25, 0.3) is 0 Å². The van der Waals surface area contributed by atoms with Crippen LogP contribution in [-0.2, 0) is 9.59 Å². The Hall–Kier alpha value is -4.50. The first kappa shape index (κ1) is 26.1. The van der Waals surface area contributed by atoms with Crippen molar-refractivity contribution in [3.63, 3.8) is 0 Å². The molecular weight excluding hydrogens is 524 g/mol. The number of carbonyl (C=O) groups is 5. The number of Topliss-reactive ketones (excluding diaryl/α,β-unsaturated/α-hetero) is 1. The Kier molecular flexibility index (Phi) is 7.17. The molecule has 2 heterocycles. The number of ketones is 1. The number of halogens is 1. The number of carbonyl (C=O) groups excluding carboxylic acids is 5. The predicted octanol–water partition coefficient (Wildman–Crippen LogP) is 4.73. The zero-order valence-corrected chi connectivity index (χ0v) is 21.6. The molecule has 3 amide bonds. The third-order valence-corrected chi connectivity index (χ3v) is 7.11. The van der Waals surface area contributed by atoms with Crippen LogP contribution < -0.4 is 4.74 Å². The number of hydrogen-bond acceptors (Lipinski definition) is 7. The van der Waals surface area contributed by atoms with Crippen LogP contribution in [0.15, 0.2) is 83.0 Å². The van der Waals surface area contributed by atoms with Crippen molar-refractivity contribution in [2.45, 2.75) is 19.8 Å². The van der Waals surface area contributed by atoms with Gasteiger partial charge in [0.15, 0.2) is 5.78 Å². The first-order chi connectivity index (χ1) is 18.7. The summed E-state index contributed by atoms with van der Waals surface area (Å²) in [6.07, 6.45) is 4.06. The molecule has 1 fully saturated rings. The maximum atomic E-state index is 13.6. The summed E-state index contributed by atoms with van der Waals surface area (Å²) in [6, 6.07) is 14.9. The van der Waals surface area contributed by atoms with Gasteiger partial charge in [0.25, 0.3) is 17.7 Å². The van der Waals surface area contributed by atoms with Gasteiger partial charge in [-0.15, -0.1) is 0 Å². The Labute approximate surface area is 228 Å². The molecule has 0 radical (unpaired) electrons. The summed E-state index contributed by atoms with van der Waals surface area (Å²) in [5, 5.41) is 1.81. The van der Waals surface area contributed by atoms with Crippen LogP contribution in [0.5, 0.6) is 5.75 Å². The van der Waals surface area contributed by atoms with E-state index in [-0.39, 0.29) is 27.7 Å². The standard InChI is InChI=1S/C29H23ClN2O7/c1-17-8-13-20-22(15-17)28(36)32(27(20)35)31(26(34)21-5-2-3-6-23(21)30)16-24(33)18-9-11-19(12-10-18)39-29(37)25-7-4-14-38-25/h2-12,14,20,22H,13,15-16H2,1H3/t20-,22+/m0/s1. The van der Waals surface area contributed by atoms with Crippen LogP contribution in [0.3, 0.4) is 0 Å². The van der Waals surface area contributed by atoms with Crippen molar-refractivity contribution in [2.24, 2.45) is 11.8 Å². The molecule has 2 aliphatic rings. The van der Waals surface area contributed by atoms with Crippen molar-refractivity contribution < 1.29 is 33.1 Å². The molecule has 0 unspecified atom stereocenters. The molecule has 0 saturated carbocycles. The molecule has 1 saturated heterocycles. The van der Waals surface area contributed by atoms with Crippen molar-refractivity contribution >= 4 is 41.1 Å². The molecule has 5 rings (SSSR count). The lowest BCUT2D eigenvalue weighted by atomic mass is 9.82. The lowest BCUT2D eigenvalue weighted by Gasteiger charge is -2.30. The number of imide groups is 1. The third-order valence-electron chi connectivity index (χ3n) is 6.78. The maximum Gasteiger partial charge on any atom is 0.379 e. The zero-order chi connectivity index (χ0) is 27.7. The van der Waals surface area contributed by atoms with E-state index in [2.05, 4.69) is 0 Å². The molecule has 198 valence electrons. The van der Waals surface area contributed by atoms with Gasteiger partial charge in [-0.25, -0.2) is 9.80 Å². The molecule has 39 heavy (non-hydrogen) atoms. The molecule has 1 aliphatic heterocycles. The summed E-state index contributed by atoms with van der Waals surface area (Å²) in [6.45, 7) is 1.31. The summed E-state index contributed by atoms with van der Waals surface area (Å²) in [5.41, 5.74) is 1.22. The molecule has 9 nitrogen and oxygen atoms in total. The second-order valence-corrected chi connectivity index (χ2v) is 9.76. The van der Waals surface area contributed by atoms with Gasteiger partial charge < -0.3 is 9.15 Å². The highest BCUT2D eigenvalue weighted by Crippen LogP contribution is 2.39. The fourth-order valence-corrected chi connectivity index (χ4v) is 4.97. The van der Waals surface area contributed by atoms with E-state index in [0.29, 0.717) is 12.8 Å². The van der Waals surface area contributed by atoms with Crippen molar-refractivity contribution in [2.75, 3.05) is 6.54 Å². The topological polar surface area (TPSA) is 114 Å². The van der Waals surface area contributed by atoms with Crippen LogP contribution in [0.2, 0.25) is 5.02 Å². The Morgan fingerprint density at radius 2 is 1.72 bits per heavy atom. The lowest BCUT2D eigenvalue weighted by molar-refractivity contribution is -0.154. The molecule has 0 spiro atoms. The van der Waals surface area contributed by atoms with Gasteiger partial charge in [0.2, 0.25) is 5.76 Å². The van der Waals surface area contributed by atoms with Crippen LogP contribution in [0, 0.1) is 11.8 Å². The van der Waals surface area contributed by atoms with Gasteiger partial charge in [-0.1, -0.05) is 35.4 Å². The quantitative estimate of drug-likeness (QED) is 0.138. The largest absolute Gasteiger partial charge is 0.457 e. The van der Waals surface area contributed by atoms with Gasteiger partial charge in [0, 0.05) is 5.56 Å². The van der Waals surface area contributed by atoms with Gasteiger partial charge in [-0.2, -0.15) is 5.01 Å². The number of fused-ring (bicyclic) bond motifs is 1. The van der Waals surface area contributed by atoms with E-state index in [9.17, 15) is 24.0 Å². The van der Waals surface area contributed by atoms with E-state index in [4.69, 9.17) is 20.8 Å². The van der Waals surface area contributed by atoms with E-state index in [1.165, 1.54) is 48.7 Å². The molecule has 1 aromatic heterocycles. The molecule has 0 N–H and O–H groups in total. The number of hydrogen-bond donors (Lipinski definition) is 0. The normalized spacial score (nSPS) is 18.4. The Morgan fingerprint density at radius 3 is 2.41 bits per heavy atom. The number of rotatable bonds is 7. The number of nitrogens with zero attached hydrogens (tertiary/aromatic N) is 2. The zero-order valence-electron chi connectivity index (χ0n) is 20.8. The van der Waals surface area contributed by atoms with E-state index in [1.807, 2.05) is 13.0 Å². The number of esters is 1. The summed E-state index contributed by atoms with van der Waals surface area (Å²) >= 11 is 6.26. The minimum Gasteiger partial charge on any atom is -0.457 e. The van der Waals surface area contributed by atoms with E-state index < -0.39 is 47.9 Å². The lowest BCUT2D eigenvalue weighted by Crippen LogP contribution is -2.52. The van der Waals surface area contributed by atoms with Crippen molar-refractivity contribution in [1.29, 1.82) is 0 Å². The smallest absolute Gasteiger partial charge is 0.379 e. The molecule has 0 bridgehead atoms. The third kappa shape index (κ3) is 5.13. The van der Waals surface area contributed by atoms with E-state index >= 15 is 0 Å². The van der Waals surface area contributed by atoms with Crippen LogP contribution in [-0.4, -0.2) is 46.0 Å².